The quantitative estimate of drug-likeness (QED) is 0.758. The fraction of sp³-hybridized carbons (Fsp3) is 0.235. The summed E-state index contributed by atoms with van der Waals surface area (Å²) in [5, 5.41) is 13.2. The summed E-state index contributed by atoms with van der Waals surface area (Å²) < 4.78 is 29.2. The average molecular weight is 355 g/mol. The van der Waals surface area contributed by atoms with Gasteiger partial charge in [-0.15, -0.1) is 0 Å². The molecule has 0 saturated heterocycles. The zero-order valence-electron chi connectivity index (χ0n) is 13.9. The molecule has 0 aliphatic carbocycles. The first-order valence-electron chi connectivity index (χ1n) is 7.82. The third-order valence-electron chi connectivity index (χ3n) is 3.73. The normalized spacial score (nSPS) is 11.4. The highest BCUT2D eigenvalue weighted by Gasteiger charge is 2.18. The number of sulfonamides is 1. The van der Waals surface area contributed by atoms with E-state index in [1.165, 1.54) is 10.7 Å². The van der Waals surface area contributed by atoms with Gasteiger partial charge in [-0.25, -0.2) is 13.4 Å². The molecular weight excluding hydrogens is 338 g/mol. The van der Waals surface area contributed by atoms with Gasteiger partial charge in [0.25, 0.3) is 10.0 Å². The number of aromatic nitrogens is 3. The minimum Gasteiger partial charge on any atom is -0.263 e. The number of fused-ring (bicyclic) bond motifs is 1. The number of rotatable bonds is 5. The Labute approximate surface area is 146 Å². The molecule has 25 heavy (non-hydrogen) atoms. The minimum atomic E-state index is -3.77. The lowest BCUT2D eigenvalue weighted by molar-refractivity contribution is 0.600. The number of nitrogens with one attached hydrogen (secondary N) is 1. The molecule has 8 heteroatoms. The van der Waals surface area contributed by atoms with Crippen LogP contribution in [0.4, 0.5) is 5.82 Å². The van der Waals surface area contributed by atoms with Gasteiger partial charge in [-0.05, 0) is 31.0 Å². The van der Waals surface area contributed by atoms with E-state index in [0.717, 1.165) is 18.4 Å². The predicted octanol–water partition coefficient (Wildman–Crippen LogP) is 2.66. The van der Waals surface area contributed by atoms with E-state index in [4.69, 9.17) is 5.26 Å². The van der Waals surface area contributed by atoms with Crippen molar-refractivity contribution in [3.8, 4) is 6.07 Å². The van der Waals surface area contributed by atoms with E-state index >= 15 is 0 Å². The SMILES string of the molecule is CCCc1ccc(S(=O)(=O)Nc2cc(C)nc3c(C#N)cnn23)cc1. The molecule has 0 amide bonds. The molecule has 0 fully saturated rings. The van der Waals surface area contributed by atoms with Gasteiger partial charge >= 0.3 is 0 Å². The van der Waals surface area contributed by atoms with Crippen molar-refractivity contribution in [2.24, 2.45) is 0 Å². The van der Waals surface area contributed by atoms with Gasteiger partial charge in [0, 0.05) is 11.8 Å². The molecule has 2 heterocycles. The van der Waals surface area contributed by atoms with E-state index in [1.807, 2.05) is 18.2 Å². The maximum absolute atomic E-state index is 12.7. The number of aryl methyl sites for hydroxylation is 2. The van der Waals surface area contributed by atoms with Gasteiger partial charge in [0.15, 0.2) is 5.65 Å². The Morgan fingerprint density at radius 1 is 1.28 bits per heavy atom. The first-order valence-corrected chi connectivity index (χ1v) is 9.30. The Kier molecular flexibility index (Phi) is 4.42. The van der Waals surface area contributed by atoms with Crippen LogP contribution in [0.3, 0.4) is 0 Å². The summed E-state index contributed by atoms with van der Waals surface area (Å²) in [6.07, 6.45) is 3.26. The molecule has 0 unspecified atom stereocenters. The van der Waals surface area contributed by atoms with Gasteiger partial charge in [0.1, 0.15) is 17.5 Å². The molecule has 1 N–H and O–H groups in total. The fourth-order valence-electron chi connectivity index (χ4n) is 2.56. The van der Waals surface area contributed by atoms with Crippen molar-refractivity contribution in [1.82, 2.24) is 14.6 Å². The topological polar surface area (TPSA) is 100 Å². The lowest BCUT2D eigenvalue weighted by Crippen LogP contribution is -2.16. The highest BCUT2D eigenvalue weighted by Crippen LogP contribution is 2.20. The summed E-state index contributed by atoms with van der Waals surface area (Å²) in [5.41, 5.74) is 2.28. The molecule has 128 valence electrons. The van der Waals surface area contributed by atoms with Crippen molar-refractivity contribution in [3.63, 3.8) is 0 Å². The number of anilines is 1. The smallest absolute Gasteiger partial charge is 0.263 e. The molecule has 3 aromatic rings. The van der Waals surface area contributed by atoms with Crippen LogP contribution in [0.25, 0.3) is 5.65 Å². The molecular formula is C17H17N5O2S. The zero-order chi connectivity index (χ0) is 18.0. The van der Waals surface area contributed by atoms with Crippen molar-refractivity contribution < 1.29 is 8.42 Å². The van der Waals surface area contributed by atoms with Crippen LogP contribution < -0.4 is 4.72 Å². The lowest BCUT2D eigenvalue weighted by atomic mass is 10.1. The molecule has 1 aromatic carbocycles. The second kappa shape index (κ2) is 6.53. The first-order chi connectivity index (χ1) is 11.9. The molecule has 0 radical (unpaired) electrons. The molecule has 0 atom stereocenters. The van der Waals surface area contributed by atoms with Gasteiger partial charge in [-0.3, -0.25) is 4.72 Å². The predicted molar refractivity (Wildman–Crippen MR) is 93.7 cm³/mol. The first kappa shape index (κ1) is 16.9. The molecule has 3 rings (SSSR count). The number of nitrogens with zero attached hydrogens (tertiary/aromatic N) is 4. The van der Waals surface area contributed by atoms with E-state index in [0.29, 0.717) is 11.3 Å². The molecule has 0 spiro atoms. The maximum atomic E-state index is 12.7. The summed E-state index contributed by atoms with van der Waals surface area (Å²) in [6.45, 7) is 3.80. The summed E-state index contributed by atoms with van der Waals surface area (Å²) >= 11 is 0. The third-order valence-corrected chi connectivity index (χ3v) is 5.10. The van der Waals surface area contributed by atoms with E-state index in [-0.39, 0.29) is 16.3 Å². The molecule has 0 aliphatic rings. The lowest BCUT2D eigenvalue weighted by Gasteiger charge is -2.11. The Hall–Kier alpha value is -2.92. The van der Waals surface area contributed by atoms with Crippen molar-refractivity contribution in [3.05, 3.63) is 53.3 Å². The third kappa shape index (κ3) is 3.32. The maximum Gasteiger partial charge on any atom is 0.263 e. The second-order valence-electron chi connectivity index (χ2n) is 5.69. The van der Waals surface area contributed by atoms with Crippen LogP contribution in [-0.2, 0) is 16.4 Å². The van der Waals surface area contributed by atoms with Gasteiger partial charge in [0.2, 0.25) is 0 Å². The summed E-state index contributed by atoms with van der Waals surface area (Å²) in [6, 6.07) is 10.4. The highest BCUT2D eigenvalue weighted by atomic mass is 32.2. The monoisotopic (exact) mass is 355 g/mol. The van der Waals surface area contributed by atoms with Gasteiger partial charge in [0.05, 0.1) is 11.1 Å². The molecule has 7 nitrogen and oxygen atoms in total. The van der Waals surface area contributed by atoms with Crippen molar-refractivity contribution in [2.45, 2.75) is 31.6 Å². The fourth-order valence-corrected chi connectivity index (χ4v) is 3.59. The number of benzene rings is 1. The number of hydrogen-bond acceptors (Lipinski definition) is 5. The van der Waals surface area contributed by atoms with Crippen LogP contribution in [-0.4, -0.2) is 23.0 Å². The van der Waals surface area contributed by atoms with Crippen molar-refractivity contribution >= 4 is 21.5 Å². The van der Waals surface area contributed by atoms with Crippen molar-refractivity contribution in [2.75, 3.05) is 4.72 Å². The Morgan fingerprint density at radius 3 is 2.64 bits per heavy atom. The standard InChI is InChI=1S/C17H17N5O2S/c1-3-4-13-5-7-15(8-6-13)25(23,24)21-16-9-12(2)20-17-14(10-18)11-19-22(16)17/h5-9,11,21H,3-4H2,1-2H3. The largest absolute Gasteiger partial charge is 0.263 e. The van der Waals surface area contributed by atoms with Crippen LogP contribution >= 0.6 is 0 Å². The molecule has 0 saturated carbocycles. The van der Waals surface area contributed by atoms with Crippen LogP contribution in [0.5, 0.6) is 0 Å². The van der Waals surface area contributed by atoms with Crippen LogP contribution in [0.2, 0.25) is 0 Å². The number of nitriles is 1. The van der Waals surface area contributed by atoms with Crippen LogP contribution in [0, 0.1) is 18.3 Å². The van der Waals surface area contributed by atoms with Crippen molar-refractivity contribution in [1.29, 1.82) is 5.26 Å². The van der Waals surface area contributed by atoms with Gasteiger partial charge < -0.3 is 0 Å². The van der Waals surface area contributed by atoms with E-state index in [1.54, 1.807) is 25.1 Å². The summed E-state index contributed by atoms with van der Waals surface area (Å²) in [4.78, 5) is 4.41. The molecule has 0 aliphatic heterocycles. The van der Waals surface area contributed by atoms with Crippen LogP contribution in [0.1, 0.15) is 30.2 Å². The molecule has 0 bridgehead atoms. The van der Waals surface area contributed by atoms with Gasteiger partial charge in [-0.2, -0.15) is 14.9 Å². The highest BCUT2D eigenvalue weighted by molar-refractivity contribution is 7.92. The van der Waals surface area contributed by atoms with E-state index < -0.39 is 10.0 Å². The summed E-state index contributed by atoms with van der Waals surface area (Å²) in [5.74, 6) is 0.238. The van der Waals surface area contributed by atoms with Gasteiger partial charge in [-0.1, -0.05) is 25.5 Å². The Balaban J connectivity index is 2.00. The molecule has 2 aromatic heterocycles. The second-order valence-corrected chi connectivity index (χ2v) is 7.37. The van der Waals surface area contributed by atoms with E-state index in [9.17, 15) is 8.42 Å². The Morgan fingerprint density at radius 2 is 2.00 bits per heavy atom. The average Bonchev–Trinajstić information content (AvgIpc) is 2.98. The summed E-state index contributed by atoms with van der Waals surface area (Å²) in [7, 11) is -3.77. The zero-order valence-corrected chi connectivity index (χ0v) is 14.7. The Bertz CT molecular complexity index is 1060. The van der Waals surface area contributed by atoms with E-state index in [2.05, 4.69) is 21.7 Å². The van der Waals surface area contributed by atoms with Crippen LogP contribution in [0.15, 0.2) is 41.4 Å². The number of hydrogen-bond donors (Lipinski definition) is 1. The minimum absolute atomic E-state index is 0.169.